The van der Waals surface area contributed by atoms with Crippen LogP contribution in [0.25, 0.3) is 0 Å². The van der Waals surface area contributed by atoms with E-state index in [0.717, 1.165) is 0 Å². The molecule has 1 aromatic heterocycles. The highest BCUT2D eigenvalue weighted by Gasteiger charge is 2.28. The van der Waals surface area contributed by atoms with Gasteiger partial charge < -0.3 is 4.90 Å². The summed E-state index contributed by atoms with van der Waals surface area (Å²) in [4.78, 5) is 22.3. The number of carbonyl (C=O) groups is 1. The van der Waals surface area contributed by atoms with Crippen LogP contribution < -0.4 is 0 Å². The van der Waals surface area contributed by atoms with Crippen molar-refractivity contribution in [2.45, 2.75) is 11.3 Å². The lowest BCUT2D eigenvalue weighted by atomic mass is 10.3. The molecule has 1 aromatic carbocycles. The van der Waals surface area contributed by atoms with Crippen molar-refractivity contribution in [3.63, 3.8) is 0 Å². The average Bonchev–Trinajstić information content (AvgIpc) is 2.89. The Morgan fingerprint density at radius 2 is 1.79 bits per heavy atom. The molecule has 7 nitrogen and oxygen atoms in total. The molecule has 8 heteroatoms. The van der Waals surface area contributed by atoms with E-state index in [-0.39, 0.29) is 23.0 Å². The molecule has 24 heavy (non-hydrogen) atoms. The Hall–Kier alpha value is -2.32. The second-order valence-electron chi connectivity index (χ2n) is 5.45. The minimum atomic E-state index is -3.53. The molecule has 1 aliphatic heterocycles. The van der Waals surface area contributed by atoms with Gasteiger partial charge in [-0.3, -0.25) is 9.78 Å². The standard InChI is InChI=1S/C16H18N4O3S/c21-16(15-13-17-7-8-18-15)19-9-4-10-20(12-11-19)24(22,23)14-5-2-1-3-6-14/h1-3,5-8,13H,4,9-12H2. The number of benzene rings is 1. The summed E-state index contributed by atoms with van der Waals surface area (Å²) in [6.45, 7) is 1.49. The molecule has 0 radical (unpaired) electrons. The summed E-state index contributed by atoms with van der Waals surface area (Å²) in [7, 11) is -3.53. The van der Waals surface area contributed by atoms with Gasteiger partial charge in [-0.25, -0.2) is 13.4 Å². The van der Waals surface area contributed by atoms with Gasteiger partial charge in [0.2, 0.25) is 10.0 Å². The molecule has 0 saturated carbocycles. The summed E-state index contributed by atoms with van der Waals surface area (Å²) in [6.07, 6.45) is 4.98. The third kappa shape index (κ3) is 3.44. The zero-order valence-electron chi connectivity index (χ0n) is 13.1. The zero-order chi connectivity index (χ0) is 17.0. The van der Waals surface area contributed by atoms with Gasteiger partial charge in [-0.15, -0.1) is 0 Å². The second kappa shape index (κ2) is 7.06. The van der Waals surface area contributed by atoms with E-state index in [9.17, 15) is 13.2 Å². The fraction of sp³-hybridized carbons (Fsp3) is 0.312. The molecule has 1 aliphatic rings. The van der Waals surface area contributed by atoms with Crippen LogP contribution in [0, 0.1) is 0 Å². The largest absolute Gasteiger partial charge is 0.336 e. The molecule has 1 saturated heterocycles. The number of amides is 1. The van der Waals surface area contributed by atoms with Crippen molar-refractivity contribution in [1.29, 1.82) is 0 Å². The molecule has 0 bridgehead atoms. The minimum absolute atomic E-state index is 0.220. The molecule has 0 spiro atoms. The first kappa shape index (κ1) is 16.5. The smallest absolute Gasteiger partial charge is 0.274 e. The van der Waals surface area contributed by atoms with Crippen molar-refractivity contribution in [3.05, 3.63) is 54.6 Å². The molecule has 3 rings (SSSR count). The summed E-state index contributed by atoms with van der Waals surface area (Å²) in [5.74, 6) is -0.220. The topological polar surface area (TPSA) is 83.5 Å². The number of nitrogens with zero attached hydrogens (tertiary/aromatic N) is 4. The monoisotopic (exact) mass is 346 g/mol. The first-order valence-corrected chi connectivity index (χ1v) is 9.13. The lowest BCUT2D eigenvalue weighted by Gasteiger charge is -2.21. The van der Waals surface area contributed by atoms with Crippen LogP contribution in [0.4, 0.5) is 0 Å². The van der Waals surface area contributed by atoms with Gasteiger partial charge in [-0.1, -0.05) is 18.2 Å². The van der Waals surface area contributed by atoms with Gasteiger partial charge in [0.05, 0.1) is 11.1 Å². The highest BCUT2D eigenvalue weighted by atomic mass is 32.2. The van der Waals surface area contributed by atoms with Crippen LogP contribution in [0.15, 0.2) is 53.8 Å². The summed E-state index contributed by atoms with van der Waals surface area (Å²) in [5.41, 5.74) is 0.275. The number of rotatable bonds is 3. The number of hydrogen-bond donors (Lipinski definition) is 0. The predicted molar refractivity (Wildman–Crippen MR) is 87.8 cm³/mol. The maximum atomic E-state index is 12.7. The zero-order valence-corrected chi connectivity index (χ0v) is 13.9. The Morgan fingerprint density at radius 1 is 1.00 bits per heavy atom. The van der Waals surface area contributed by atoms with E-state index in [1.165, 1.54) is 22.9 Å². The summed E-state index contributed by atoms with van der Waals surface area (Å²) < 4.78 is 26.8. The van der Waals surface area contributed by atoms with Gasteiger partial charge >= 0.3 is 0 Å². The van der Waals surface area contributed by atoms with Crippen molar-refractivity contribution in [1.82, 2.24) is 19.2 Å². The lowest BCUT2D eigenvalue weighted by molar-refractivity contribution is 0.0758. The summed E-state index contributed by atoms with van der Waals surface area (Å²) in [6, 6.07) is 8.36. The molecule has 0 N–H and O–H groups in total. The molecule has 1 fully saturated rings. The van der Waals surface area contributed by atoms with E-state index >= 15 is 0 Å². The molecule has 0 aliphatic carbocycles. The van der Waals surface area contributed by atoms with Gasteiger partial charge in [0, 0.05) is 38.6 Å². The molecule has 0 unspecified atom stereocenters. The molecule has 2 heterocycles. The molecule has 1 amide bonds. The normalized spacial score (nSPS) is 16.6. The molecule has 126 valence electrons. The molecular weight excluding hydrogens is 328 g/mol. The fourth-order valence-electron chi connectivity index (χ4n) is 2.65. The quantitative estimate of drug-likeness (QED) is 0.828. The predicted octanol–water partition coefficient (Wildman–Crippen LogP) is 1.01. The van der Waals surface area contributed by atoms with Crippen LogP contribution in [-0.2, 0) is 10.0 Å². The van der Waals surface area contributed by atoms with E-state index in [1.807, 2.05) is 0 Å². The van der Waals surface area contributed by atoms with Crippen LogP contribution in [0.5, 0.6) is 0 Å². The van der Waals surface area contributed by atoms with Crippen LogP contribution in [0.2, 0.25) is 0 Å². The fourth-order valence-corrected chi connectivity index (χ4v) is 4.14. The third-order valence-electron chi connectivity index (χ3n) is 3.91. The van der Waals surface area contributed by atoms with Gasteiger partial charge in [-0.2, -0.15) is 4.31 Å². The first-order chi connectivity index (χ1) is 11.6. The van der Waals surface area contributed by atoms with Gasteiger partial charge in [0.25, 0.3) is 5.91 Å². The van der Waals surface area contributed by atoms with Crippen molar-refractivity contribution >= 4 is 15.9 Å². The number of sulfonamides is 1. The SMILES string of the molecule is O=C(c1cnccn1)N1CCCN(S(=O)(=O)c2ccccc2)CC1. The highest BCUT2D eigenvalue weighted by molar-refractivity contribution is 7.89. The third-order valence-corrected chi connectivity index (χ3v) is 5.82. The number of carbonyl (C=O) groups excluding carboxylic acids is 1. The Bertz CT molecular complexity index is 797. The molecule has 0 atom stereocenters. The second-order valence-corrected chi connectivity index (χ2v) is 7.39. The average molecular weight is 346 g/mol. The first-order valence-electron chi connectivity index (χ1n) is 7.69. The maximum absolute atomic E-state index is 12.7. The van der Waals surface area contributed by atoms with Gasteiger partial charge in [0.15, 0.2) is 0 Å². The van der Waals surface area contributed by atoms with Crippen LogP contribution in [0.3, 0.4) is 0 Å². The van der Waals surface area contributed by atoms with E-state index in [1.54, 1.807) is 35.2 Å². The van der Waals surface area contributed by atoms with Gasteiger partial charge in [0.1, 0.15) is 5.69 Å². The van der Waals surface area contributed by atoms with Crippen LogP contribution >= 0.6 is 0 Å². The van der Waals surface area contributed by atoms with E-state index < -0.39 is 10.0 Å². The van der Waals surface area contributed by atoms with Crippen molar-refractivity contribution < 1.29 is 13.2 Å². The summed E-state index contributed by atoms with van der Waals surface area (Å²) >= 11 is 0. The van der Waals surface area contributed by atoms with Crippen LogP contribution in [-0.4, -0.2) is 59.7 Å². The van der Waals surface area contributed by atoms with Crippen molar-refractivity contribution in [2.75, 3.05) is 26.2 Å². The summed E-state index contributed by atoms with van der Waals surface area (Å²) in [5, 5.41) is 0. The van der Waals surface area contributed by atoms with E-state index in [4.69, 9.17) is 0 Å². The van der Waals surface area contributed by atoms with Crippen LogP contribution in [0.1, 0.15) is 16.9 Å². The number of hydrogen-bond acceptors (Lipinski definition) is 5. The maximum Gasteiger partial charge on any atom is 0.274 e. The van der Waals surface area contributed by atoms with Crippen molar-refractivity contribution in [2.24, 2.45) is 0 Å². The van der Waals surface area contributed by atoms with E-state index in [2.05, 4.69) is 9.97 Å². The van der Waals surface area contributed by atoms with E-state index in [0.29, 0.717) is 26.1 Å². The van der Waals surface area contributed by atoms with Gasteiger partial charge in [-0.05, 0) is 18.6 Å². The number of aromatic nitrogens is 2. The highest BCUT2D eigenvalue weighted by Crippen LogP contribution is 2.17. The minimum Gasteiger partial charge on any atom is -0.336 e. The lowest BCUT2D eigenvalue weighted by Crippen LogP contribution is -2.37. The Balaban J connectivity index is 1.73. The molecule has 2 aromatic rings. The van der Waals surface area contributed by atoms with Crippen molar-refractivity contribution in [3.8, 4) is 0 Å². The Labute approximate surface area is 141 Å². The Morgan fingerprint density at radius 3 is 2.50 bits per heavy atom. The Kier molecular flexibility index (Phi) is 4.86. The molecular formula is C16H18N4O3S.